The number of benzene rings is 2. The second-order valence-corrected chi connectivity index (χ2v) is 19.0. The zero-order chi connectivity index (χ0) is 44.8. The third kappa shape index (κ3) is 17.9. The van der Waals surface area contributed by atoms with Crippen molar-refractivity contribution in [3.63, 3.8) is 0 Å². The van der Waals surface area contributed by atoms with Crippen LogP contribution in [0.1, 0.15) is 50.7 Å². The van der Waals surface area contributed by atoms with Crippen LogP contribution in [0, 0.1) is 0 Å². The maximum atomic E-state index is 12.1. The number of nitrogens with zero attached hydrogens (tertiary/aromatic N) is 2. The molecule has 0 radical (unpaired) electrons. The first kappa shape index (κ1) is 57.1. The molecule has 2 aliphatic heterocycles. The minimum Gasteiger partial charge on any atom is -0.748 e. The molecule has 0 spiro atoms. The Hall–Kier alpha value is -2.03. The molecule has 1 aliphatic carbocycles. The van der Waals surface area contributed by atoms with Gasteiger partial charge in [0.25, 0.3) is 0 Å². The van der Waals surface area contributed by atoms with Gasteiger partial charge in [-0.1, -0.05) is 12.2 Å². The summed E-state index contributed by atoms with van der Waals surface area (Å²) in [6.45, 7) is 5.69. The van der Waals surface area contributed by atoms with Crippen LogP contribution in [0.2, 0.25) is 0 Å². The Balaban J connectivity index is 0.00000683. The third-order valence-corrected chi connectivity index (χ3v) is 12.5. The molecular weight excluding hydrogens is 907 g/mol. The number of ether oxygens (including phenoxy) is 4. The maximum Gasteiger partial charge on any atom is 1.00 e. The number of rotatable bonds is 26. The van der Waals surface area contributed by atoms with Crippen molar-refractivity contribution in [3.05, 3.63) is 83.1 Å². The summed E-state index contributed by atoms with van der Waals surface area (Å²) in [6, 6.07) is 11.0. The fraction of sp³-hybridized carbons (Fsp3) is 0.500. The summed E-state index contributed by atoms with van der Waals surface area (Å²) in [5, 5.41) is 9.52. The van der Waals surface area contributed by atoms with E-state index in [0.717, 1.165) is 5.56 Å². The molecule has 1 aromatic carbocycles. The average Bonchev–Trinajstić information content (AvgIpc) is 3.40. The van der Waals surface area contributed by atoms with Gasteiger partial charge in [-0.25, -0.2) is 29.8 Å². The number of aliphatic carboxylic acids is 1. The summed E-state index contributed by atoms with van der Waals surface area (Å²) >= 11 is 0. The first-order valence-corrected chi connectivity index (χ1v) is 24.0. The van der Waals surface area contributed by atoms with E-state index in [0.29, 0.717) is 53.4 Å². The standard InChI is InChI=1S/C40H54N2O16S3.2Na/c1-30(29-57-22-21-54-3)41(16-6-26-60(48,49)50)32-9-11-34-31(13-19-58-37(34)27-32)7-4-8-38-40(2,15-5-25-59(45,46)47)35-28-33(61(51,52)53)10-12-36(35)42(38)17-20-56-24-23-55-18-14-39(43)44;;/h4,7-13,19,27-28,30H,5-6,14-18,20-26,29H2,1-3H3,(H3-,43,44,45,46,47,48,49,50,51,52,53);;/q;2*+1/p-2. The summed E-state index contributed by atoms with van der Waals surface area (Å²) in [5.74, 6) is -1.69. The smallest absolute Gasteiger partial charge is 0.748 e. The maximum absolute atomic E-state index is 12.1. The van der Waals surface area contributed by atoms with Crippen molar-refractivity contribution in [1.82, 2.24) is 4.58 Å². The van der Waals surface area contributed by atoms with Crippen LogP contribution in [0.3, 0.4) is 0 Å². The Morgan fingerprint density at radius 1 is 0.889 bits per heavy atom. The second kappa shape index (κ2) is 26.3. The topological polar surface area (TPSA) is 265 Å². The predicted octanol–water partition coefficient (Wildman–Crippen LogP) is -3.44. The van der Waals surface area contributed by atoms with Gasteiger partial charge in [0.2, 0.25) is 5.36 Å². The van der Waals surface area contributed by atoms with Gasteiger partial charge in [0, 0.05) is 60.0 Å². The van der Waals surface area contributed by atoms with Crippen molar-refractivity contribution in [2.75, 3.05) is 82.9 Å². The van der Waals surface area contributed by atoms with Crippen molar-refractivity contribution in [2.45, 2.75) is 55.9 Å². The molecule has 338 valence electrons. The largest absolute Gasteiger partial charge is 1.00 e. The van der Waals surface area contributed by atoms with E-state index in [1.54, 1.807) is 38.3 Å². The van der Waals surface area contributed by atoms with E-state index < -0.39 is 58.1 Å². The Morgan fingerprint density at radius 3 is 2.21 bits per heavy atom. The van der Waals surface area contributed by atoms with E-state index in [9.17, 15) is 43.7 Å². The summed E-state index contributed by atoms with van der Waals surface area (Å²) in [7, 11) is -12.3. The number of hydrogen-bond acceptors (Lipinski definition) is 16. The Labute approximate surface area is 413 Å². The van der Waals surface area contributed by atoms with Crippen molar-refractivity contribution in [2.24, 2.45) is 0 Å². The first-order valence-electron chi connectivity index (χ1n) is 19.4. The van der Waals surface area contributed by atoms with Gasteiger partial charge in [0.15, 0.2) is 6.04 Å². The van der Waals surface area contributed by atoms with Crippen molar-refractivity contribution < 1.29 is 131 Å². The molecule has 2 unspecified atom stereocenters. The number of anilines is 1. The van der Waals surface area contributed by atoms with Gasteiger partial charge in [-0.05, 0) is 74.2 Å². The molecule has 1 aromatic rings. The molecule has 2 atom stereocenters. The average molecular weight is 959 g/mol. The fourth-order valence-corrected chi connectivity index (χ4v) is 8.59. The summed E-state index contributed by atoms with van der Waals surface area (Å²) in [5.41, 5.74) is 1.97. The van der Waals surface area contributed by atoms with Crippen molar-refractivity contribution >= 4 is 48.1 Å². The number of allylic oxidation sites excluding steroid dienone is 3. The molecule has 0 bridgehead atoms. The number of fused-ring (bicyclic) bond motifs is 2. The van der Waals surface area contributed by atoms with E-state index in [4.69, 9.17) is 28.5 Å². The van der Waals surface area contributed by atoms with E-state index in [2.05, 4.69) is 0 Å². The van der Waals surface area contributed by atoms with Crippen LogP contribution in [-0.4, -0.2) is 134 Å². The molecule has 0 amide bonds. The normalized spacial score (nSPS) is 17.1. The van der Waals surface area contributed by atoms with Crippen molar-refractivity contribution in [3.8, 4) is 11.3 Å². The SMILES string of the molecule is COCCOCC(C)[N+](CCCS(=O)(=O)[O-])=c1ccc2c(/C=C/C=C3/N(CCOCCOCCC(=O)O)c4ccc(S(=O)(=O)[O-])cc4C3(C)CCCS(=O)(=O)[O-])ccoc-2c1.[Na+].[Na+]. The minimum atomic E-state index is -4.88. The summed E-state index contributed by atoms with van der Waals surface area (Å²) in [6.07, 6.45) is 6.84. The van der Waals surface area contributed by atoms with Crippen LogP contribution in [0.25, 0.3) is 17.4 Å². The van der Waals surface area contributed by atoms with E-state index in [1.165, 1.54) is 24.5 Å². The van der Waals surface area contributed by atoms with E-state index >= 15 is 0 Å². The molecular formula is C40H52N2Na2O16S3. The van der Waals surface area contributed by atoms with Crippen LogP contribution in [0.15, 0.2) is 75.9 Å². The minimum absolute atomic E-state index is 0. The fourth-order valence-electron chi connectivity index (χ4n) is 7.12. The molecule has 0 saturated carbocycles. The molecule has 2 heterocycles. The molecule has 0 aromatic heterocycles. The number of hydrogen-bond donors (Lipinski definition) is 1. The third-order valence-electron chi connectivity index (χ3n) is 10.1. The second-order valence-electron chi connectivity index (χ2n) is 14.5. The monoisotopic (exact) mass is 958 g/mol. The number of carboxylic acids is 1. The van der Waals surface area contributed by atoms with Crippen LogP contribution < -0.4 is 73.9 Å². The Morgan fingerprint density at radius 2 is 1.56 bits per heavy atom. The van der Waals surface area contributed by atoms with Crippen LogP contribution in [-0.2, 0) is 59.5 Å². The van der Waals surface area contributed by atoms with Gasteiger partial charge >= 0.3 is 65.1 Å². The van der Waals surface area contributed by atoms with Crippen LogP contribution >= 0.6 is 0 Å². The predicted molar refractivity (Wildman–Crippen MR) is 221 cm³/mol. The molecule has 63 heavy (non-hydrogen) atoms. The number of carbonyl (C=O) groups is 1. The van der Waals surface area contributed by atoms with E-state index in [1.807, 2.05) is 34.6 Å². The van der Waals surface area contributed by atoms with Gasteiger partial charge in [-0.3, -0.25) is 4.79 Å². The summed E-state index contributed by atoms with van der Waals surface area (Å²) < 4.78 is 135. The molecule has 18 nitrogen and oxygen atoms in total. The molecule has 3 aliphatic rings. The van der Waals surface area contributed by atoms with Crippen molar-refractivity contribution in [1.29, 1.82) is 0 Å². The Bertz CT molecular complexity index is 2410. The van der Waals surface area contributed by atoms with E-state index in [-0.39, 0.29) is 130 Å². The van der Waals surface area contributed by atoms with Gasteiger partial charge in [0.1, 0.15) is 29.0 Å². The molecule has 23 heteroatoms. The summed E-state index contributed by atoms with van der Waals surface area (Å²) in [4.78, 5) is 12.2. The molecule has 1 N–H and O–H groups in total. The zero-order valence-corrected chi connectivity index (χ0v) is 42.7. The number of carboxylic acid groups (broad SMARTS) is 1. The van der Waals surface area contributed by atoms with Gasteiger partial charge in [-0.2, -0.15) is 0 Å². The Kier molecular flexibility index (Phi) is 23.9. The van der Waals surface area contributed by atoms with Crippen LogP contribution in [0.4, 0.5) is 5.69 Å². The molecule has 4 rings (SSSR count). The first-order chi connectivity index (χ1) is 28.7. The number of methoxy groups -OCH3 is 1. The van der Waals surface area contributed by atoms with Gasteiger partial charge in [-0.15, -0.1) is 0 Å². The van der Waals surface area contributed by atoms with Crippen LogP contribution in [0.5, 0.6) is 0 Å². The molecule has 0 saturated heterocycles. The molecule has 0 fully saturated rings. The van der Waals surface area contributed by atoms with Gasteiger partial charge < -0.3 is 47.0 Å². The zero-order valence-electron chi connectivity index (χ0n) is 36.2. The van der Waals surface area contributed by atoms with Gasteiger partial charge in [0.05, 0.1) is 83.5 Å². The quantitative estimate of drug-likeness (QED) is 0.0355.